The fourth-order valence-electron chi connectivity index (χ4n) is 2.04. The number of hydrogen-bond donors (Lipinski definition) is 0. The molecule has 9 heteroatoms. The molecule has 0 spiro atoms. The summed E-state index contributed by atoms with van der Waals surface area (Å²) in [4.78, 5) is 25.0. The zero-order valence-corrected chi connectivity index (χ0v) is 11.7. The standard InChI is InChI=1S/C11H17N3O6/c1-5-8(13-14-12)9(19-6(2)15)10(17-4)11(18-5)20-7(3)16/h5,8-11H,1-4H3/t5-,8-,9+,10-,11?/m1/s1. The lowest BCUT2D eigenvalue weighted by atomic mass is 9.97. The Labute approximate surface area is 115 Å². The zero-order chi connectivity index (χ0) is 15.3. The van der Waals surface area contributed by atoms with Crippen molar-refractivity contribution in [2.75, 3.05) is 7.11 Å². The number of carbonyl (C=O) groups is 2. The minimum absolute atomic E-state index is 0.562. The molecule has 1 aliphatic heterocycles. The van der Waals surface area contributed by atoms with Crippen molar-refractivity contribution in [3.63, 3.8) is 0 Å². The third-order valence-electron chi connectivity index (χ3n) is 2.80. The van der Waals surface area contributed by atoms with Crippen LogP contribution < -0.4 is 0 Å². The van der Waals surface area contributed by atoms with Gasteiger partial charge in [0.1, 0.15) is 12.1 Å². The smallest absolute Gasteiger partial charge is 0.305 e. The van der Waals surface area contributed by atoms with Crippen molar-refractivity contribution in [3.05, 3.63) is 10.4 Å². The molecule has 1 aliphatic rings. The molecule has 112 valence electrons. The molecule has 1 unspecified atom stereocenters. The average molecular weight is 287 g/mol. The van der Waals surface area contributed by atoms with Gasteiger partial charge in [0.2, 0.25) is 6.29 Å². The fraction of sp³-hybridized carbons (Fsp3) is 0.818. The zero-order valence-electron chi connectivity index (χ0n) is 11.7. The van der Waals surface area contributed by atoms with Gasteiger partial charge in [0.25, 0.3) is 0 Å². The number of nitrogens with zero attached hydrogens (tertiary/aromatic N) is 3. The van der Waals surface area contributed by atoms with E-state index in [2.05, 4.69) is 10.0 Å². The summed E-state index contributed by atoms with van der Waals surface area (Å²) in [5.41, 5.74) is 8.59. The number of esters is 2. The molecule has 0 aromatic carbocycles. The number of ether oxygens (including phenoxy) is 4. The highest BCUT2D eigenvalue weighted by atomic mass is 16.7. The maximum atomic E-state index is 11.2. The lowest BCUT2D eigenvalue weighted by Gasteiger charge is -2.42. The van der Waals surface area contributed by atoms with Crippen LogP contribution in [0.5, 0.6) is 0 Å². The van der Waals surface area contributed by atoms with Crippen molar-refractivity contribution in [2.45, 2.75) is 51.4 Å². The second-order valence-electron chi connectivity index (χ2n) is 4.29. The predicted molar refractivity (Wildman–Crippen MR) is 65.4 cm³/mol. The van der Waals surface area contributed by atoms with Gasteiger partial charge in [-0.05, 0) is 12.5 Å². The molecule has 5 atom stereocenters. The highest BCUT2D eigenvalue weighted by Gasteiger charge is 2.48. The first kappa shape index (κ1) is 16.2. The molecule has 0 saturated carbocycles. The van der Waals surface area contributed by atoms with E-state index < -0.39 is 42.6 Å². The number of rotatable bonds is 4. The normalized spacial score (nSPS) is 32.9. The lowest BCUT2D eigenvalue weighted by Crippen LogP contribution is -2.59. The van der Waals surface area contributed by atoms with Crippen LogP contribution >= 0.6 is 0 Å². The maximum absolute atomic E-state index is 11.2. The largest absolute Gasteiger partial charge is 0.459 e. The summed E-state index contributed by atoms with van der Waals surface area (Å²) in [6, 6.07) is -0.777. The van der Waals surface area contributed by atoms with Crippen LogP contribution in [0.4, 0.5) is 0 Å². The Morgan fingerprint density at radius 1 is 1.20 bits per heavy atom. The molecule has 1 rings (SSSR count). The topological polar surface area (TPSA) is 120 Å². The predicted octanol–water partition coefficient (Wildman–Crippen LogP) is 0.920. The third kappa shape index (κ3) is 3.83. The van der Waals surface area contributed by atoms with Crippen LogP contribution in [0, 0.1) is 0 Å². The third-order valence-corrected chi connectivity index (χ3v) is 2.80. The van der Waals surface area contributed by atoms with Crippen molar-refractivity contribution in [3.8, 4) is 0 Å². The van der Waals surface area contributed by atoms with Crippen LogP contribution in [0.15, 0.2) is 5.11 Å². The average Bonchev–Trinajstić information content (AvgIpc) is 2.33. The van der Waals surface area contributed by atoms with Gasteiger partial charge in [-0.2, -0.15) is 0 Å². The van der Waals surface area contributed by atoms with Gasteiger partial charge in [-0.3, -0.25) is 9.59 Å². The van der Waals surface area contributed by atoms with E-state index in [-0.39, 0.29) is 0 Å². The molecule has 0 aliphatic carbocycles. The van der Waals surface area contributed by atoms with Crippen LogP contribution in [0.25, 0.3) is 10.4 Å². The van der Waals surface area contributed by atoms with Crippen LogP contribution in [-0.4, -0.2) is 49.7 Å². The number of methoxy groups -OCH3 is 1. The Balaban J connectivity index is 3.05. The summed E-state index contributed by atoms with van der Waals surface area (Å²) in [6.07, 6.45) is -3.43. The van der Waals surface area contributed by atoms with Crippen LogP contribution in [-0.2, 0) is 28.5 Å². The van der Waals surface area contributed by atoms with E-state index in [4.69, 9.17) is 24.5 Å². The molecule has 20 heavy (non-hydrogen) atoms. The molecule has 0 amide bonds. The summed E-state index contributed by atoms with van der Waals surface area (Å²) in [5.74, 6) is -1.13. The van der Waals surface area contributed by atoms with Gasteiger partial charge in [0, 0.05) is 25.9 Å². The molecular formula is C11H17N3O6. The van der Waals surface area contributed by atoms with Gasteiger partial charge >= 0.3 is 11.9 Å². The Morgan fingerprint density at radius 3 is 2.25 bits per heavy atom. The van der Waals surface area contributed by atoms with E-state index in [9.17, 15) is 9.59 Å². The van der Waals surface area contributed by atoms with E-state index in [0.29, 0.717) is 0 Å². The van der Waals surface area contributed by atoms with Crippen LogP contribution in [0.1, 0.15) is 20.8 Å². The molecule has 1 heterocycles. The van der Waals surface area contributed by atoms with Crippen molar-refractivity contribution < 1.29 is 28.5 Å². The molecule has 1 saturated heterocycles. The molecular weight excluding hydrogens is 270 g/mol. The lowest BCUT2D eigenvalue weighted by molar-refractivity contribution is -0.268. The fourth-order valence-corrected chi connectivity index (χ4v) is 2.04. The Bertz CT molecular complexity index is 422. The Hall–Kier alpha value is -1.83. The quantitative estimate of drug-likeness (QED) is 0.328. The maximum Gasteiger partial charge on any atom is 0.305 e. The van der Waals surface area contributed by atoms with Crippen LogP contribution in [0.2, 0.25) is 0 Å². The molecule has 0 radical (unpaired) electrons. The monoisotopic (exact) mass is 287 g/mol. The van der Waals surface area contributed by atoms with E-state index in [1.165, 1.54) is 21.0 Å². The number of carbonyl (C=O) groups excluding carboxylic acids is 2. The van der Waals surface area contributed by atoms with Crippen molar-refractivity contribution in [1.29, 1.82) is 0 Å². The highest BCUT2D eigenvalue weighted by molar-refractivity contribution is 5.67. The minimum atomic E-state index is -1.04. The summed E-state index contributed by atoms with van der Waals surface area (Å²) < 4.78 is 20.8. The van der Waals surface area contributed by atoms with Crippen LogP contribution in [0.3, 0.4) is 0 Å². The van der Waals surface area contributed by atoms with E-state index in [0.717, 1.165) is 0 Å². The number of hydrogen-bond acceptors (Lipinski definition) is 7. The second-order valence-corrected chi connectivity index (χ2v) is 4.29. The van der Waals surface area contributed by atoms with Gasteiger partial charge < -0.3 is 18.9 Å². The van der Waals surface area contributed by atoms with Gasteiger partial charge in [-0.1, -0.05) is 5.11 Å². The molecule has 0 bridgehead atoms. The van der Waals surface area contributed by atoms with Gasteiger partial charge in [0.05, 0.1) is 6.10 Å². The Morgan fingerprint density at radius 2 is 1.80 bits per heavy atom. The Kier molecular flexibility index (Phi) is 5.75. The van der Waals surface area contributed by atoms with Gasteiger partial charge in [0.15, 0.2) is 6.10 Å². The first-order chi connectivity index (χ1) is 9.40. The summed E-state index contributed by atoms with van der Waals surface area (Å²) in [6.45, 7) is 4.07. The van der Waals surface area contributed by atoms with Crippen molar-refractivity contribution >= 4 is 11.9 Å². The number of azide groups is 1. The second kappa shape index (κ2) is 7.09. The van der Waals surface area contributed by atoms with Crippen molar-refractivity contribution in [1.82, 2.24) is 0 Å². The minimum Gasteiger partial charge on any atom is -0.459 e. The molecule has 0 aromatic heterocycles. The summed E-state index contributed by atoms with van der Waals surface area (Å²) in [5, 5.41) is 3.57. The molecule has 1 fully saturated rings. The van der Waals surface area contributed by atoms with E-state index >= 15 is 0 Å². The molecule has 9 nitrogen and oxygen atoms in total. The summed E-state index contributed by atoms with van der Waals surface area (Å²) in [7, 11) is 1.35. The van der Waals surface area contributed by atoms with Gasteiger partial charge in [-0.25, -0.2) is 0 Å². The summed E-state index contributed by atoms with van der Waals surface area (Å²) >= 11 is 0. The molecule has 0 aromatic rings. The van der Waals surface area contributed by atoms with Crippen molar-refractivity contribution in [2.24, 2.45) is 5.11 Å². The van der Waals surface area contributed by atoms with E-state index in [1.54, 1.807) is 6.92 Å². The van der Waals surface area contributed by atoms with E-state index in [1.807, 2.05) is 0 Å². The molecule has 0 N–H and O–H groups in total. The first-order valence-corrected chi connectivity index (χ1v) is 5.97. The first-order valence-electron chi connectivity index (χ1n) is 5.97. The van der Waals surface area contributed by atoms with Gasteiger partial charge in [-0.15, -0.1) is 0 Å². The SMILES string of the molecule is CO[C@H]1C(OC(C)=O)O[C@H](C)[C@@H](N=[N+]=[N-])[C@@H]1OC(C)=O. The highest BCUT2D eigenvalue weighted by Crippen LogP contribution is 2.28.